The molecule has 3 unspecified atom stereocenters. The number of aliphatic hydroxyl groups is 1. The molecule has 1 amide bonds. The molecule has 0 spiro atoms. The van der Waals surface area contributed by atoms with Crippen LogP contribution in [0.5, 0.6) is 0 Å². The Bertz CT molecular complexity index is 858. The van der Waals surface area contributed by atoms with Gasteiger partial charge in [0, 0.05) is 24.8 Å². The summed E-state index contributed by atoms with van der Waals surface area (Å²) in [7, 11) is 0. The van der Waals surface area contributed by atoms with Crippen molar-refractivity contribution in [2.45, 2.75) is 70.2 Å². The average Bonchev–Trinajstić information content (AvgIpc) is 2.70. The van der Waals surface area contributed by atoms with Crippen LogP contribution in [0.1, 0.15) is 56.2 Å². The second-order valence-corrected chi connectivity index (χ2v) is 10.4. The van der Waals surface area contributed by atoms with Crippen molar-refractivity contribution in [3.63, 3.8) is 0 Å². The van der Waals surface area contributed by atoms with Crippen LogP contribution in [0.4, 0.5) is 19.0 Å². The summed E-state index contributed by atoms with van der Waals surface area (Å²) in [4.78, 5) is 19.6. The van der Waals surface area contributed by atoms with E-state index in [0.717, 1.165) is 57.1 Å². The molecular formula is C23H30F3N3O2. The molecule has 2 N–H and O–H groups in total. The number of nitrogens with one attached hydrogen (secondary N) is 1. The Morgan fingerprint density at radius 1 is 1.23 bits per heavy atom. The quantitative estimate of drug-likeness (QED) is 0.757. The van der Waals surface area contributed by atoms with Gasteiger partial charge >= 0.3 is 6.18 Å². The second-order valence-electron chi connectivity index (χ2n) is 10.4. The molecule has 5 aliphatic rings. The maximum atomic E-state index is 13.4. The van der Waals surface area contributed by atoms with Gasteiger partial charge in [-0.1, -0.05) is 0 Å². The fourth-order valence-corrected chi connectivity index (χ4v) is 6.89. The van der Waals surface area contributed by atoms with Gasteiger partial charge in [-0.3, -0.25) is 4.79 Å². The maximum Gasteiger partial charge on any atom is 0.416 e. The molecule has 1 aromatic heterocycles. The third-order valence-corrected chi connectivity index (χ3v) is 8.05. The Morgan fingerprint density at radius 2 is 1.94 bits per heavy atom. The van der Waals surface area contributed by atoms with E-state index < -0.39 is 11.7 Å². The van der Waals surface area contributed by atoms with Crippen molar-refractivity contribution in [1.82, 2.24) is 10.3 Å². The first-order valence-electron chi connectivity index (χ1n) is 11.4. The van der Waals surface area contributed by atoms with E-state index in [1.54, 1.807) is 6.92 Å². The number of hydrogen-bond donors (Lipinski definition) is 2. The lowest BCUT2D eigenvalue weighted by Gasteiger charge is -2.58. The molecular weight excluding hydrogens is 407 g/mol. The van der Waals surface area contributed by atoms with Gasteiger partial charge in [-0.15, -0.1) is 0 Å². The van der Waals surface area contributed by atoms with E-state index in [1.165, 1.54) is 0 Å². The van der Waals surface area contributed by atoms with Crippen LogP contribution in [0, 0.1) is 30.1 Å². The predicted molar refractivity (Wildman–Crippen MR) is 109 cm³/mol. The van der Waals surface area contributed by atoms with Crippen molar-refractivity contribution in [3.8, 4) is 0 Å². The van der Waals surface area contributed by atoms with Crippen LogP contribution in [0.15, 0.2) is 12.1 Å². The first kappa shape index (κ1) is 21.0. The summed E-state index contributed by atoms with van der Waals surface area (Å²) in [6.45, 7) is 2.67. The largest absolute Gasteiger partial charge is 0.416 e. The topological polar surface area (TPSA) is 65.5 Å². The molecule has 4 aliphatic carbocycles. The molecule has 3 atom stereocenters. The van der Waals surface area contributed by atoms with Crippen LogP contribution >= 0.6 is 0 Å². The van der Waals surface area contributed by atoms with Crippen LogP contribution in [0.25, 0.3) is 0 Å². The molecule has 170 valence electrons. The van der Waals surface area contributed by atoms with Crippen molar-refractivity contribution < 1.29 is 23.1 Å². The molecule has 1 aliphatic heterocycles. The number of alkyl halides is 3. The van der Waals surface area contributed by atoms with E-state index in [0.29, 0.717) is 30.5 Å². The van der Waals surface area contributed by atoms with E-state index in [2.05, 4.69) is 10.3 Å². The van der Waals surface area contributed by atoms with Gasteiger partial charge in [0.15, 0.2) is 0 Å². The van der Waals surface area contributed by atoms with E-state index in [1.807, 2.05) is 4.90 Å². The summed E-state index contributed by atoms with van der Waals surface area (Å²) < 4.78 is 39.7. The SMILES string of the molecule is Cc1cc(C(F)(F)F)cc(N2CCCC(NC(=O)C34CC5CC(C3)C(O)C(C5)C4)C2)n1. The number of aliphatic hydroxyl groups excluding tert-OH is 1. The normalized spacial score (nSPS) is 37.2. The highest BCUT2D eigenvalue weighted by Crippen LogP contribution is 2.60. The lowest BCUT2D eigenvalue weighted by molar-refractivity contribution is -0.163. The van der Waals surface area contributed by atoms with Gasteiger partial charge in [0.25, 0.3) is 0 Å². The maximum absolute atomic E-state index is 13.4. The number of aryl methyl sites for hydroxylation is 1. The summed E-state index contributed by atoms with van der Waals surface area (Å²) in [6.07, 6.45) is 1.43. The van der Waals surface area contributed by atoms with Crippen molar-refractivity contribution >= 4 is 11.7 Å². The van der Waals surface area contributed by atoms with Gasteiger partial charge in [0.05, 0.1) is 17.1 Å². The van der Waals surface area contributed by atoms with Crippen molar-refractivity contribution in [1.29, 1.82) is 0 Å². The minimum Gasteiger partial charge on any atom is -0.393 e. The standard InChI is InChI=1S/C23H30F3N3O2/c1-13-5-17(23(24,25)26)8-19(27-13)29-4-2-3-18(12-29)28-21(31)22-9-14-6-15(10-22)20(30)16(7-14)11-22/h5,8,14-16,18,20,30H,2-4,6-7,9-12H2,1H3,(H,28,31). The molecule has 0 aromatic carbocycles. The number of pyridine rings is 1. The Morgan fingerprint density at radius 3 is 2.61 bits per heavy atom. The van der Waals surface area contributed by atoms with Crippen LogP contribution in [-0.2, 0) is 11.0 Å². The fourth-order valence-electron chi connectivity index (χ4n) is 6.89. The van der Waals surface area contributed by atoms with Crippen molar-refractivity contribution in [3.05, 3.63) is 23.4 Å². The molecule has 8 heteroatoms. The van der Waals surface area contributed by atoms with Crippen LogP contribution < -0.4 is 10.2 Å². The number of hydrogen-bond acceptors (Lipinski definition) is 4. The number of carbonyl (C=O) groups is 1. The monoisotopic (exact) mass is 437 g/mol. The molecule has 31 heavy (non-hydrogen) atoms. The number of carbonyl (C=O) groups excluding carboxylic acids is 1. The third kappa shape index (κ3) is 3.81. The molecule has 6 rings (SSSR count). The van der Waals surface area contributed by atoms with Gasteiger partial charge in [0.1, 0.15) is 5.82 Å². The third-order valence-electron chi connectivity index (χ3n) is 8.05. The minimum absolute atomic E-state index is 0.0823. The molecule has 5 nitrogen and oxygen atoms in total. The lowest BCUT2D eigenvalue weighted by Crippen LogP contribution is -2.60. The van der Waals surface area contributed by atoms with Crippen LogP contribution in [-0.4, -0.2) is 41.2 Å². The molecule has 0 radical (unpaired) electrons. The van der Waals surface area contributed by atoms with E-state index >= 15 is 0 Å². The first-order chi connectivity index (χ1) is 14.6. The van der Waals surface area contributed by atoms with Crippen LogP contribution in [0.2, 0.25) is 0 Å². The zero-order chi connectivity index (χ0) is 22.0. The Hall–Kier alpha value is -1.83. The van der Waals surface area contributed by atoms with Gasteiger partial charge in [-0.2, -0.15) is 13.2 Å². The van der Waals surface area contributed by atoms with Crippen molar-refractivity contribution in [2.24, 2.45) is 23.2 Å². The number of nitrogens with zero attached hydrogens (tertiary/aromatic N) is 2. The number of anilines is 1. The fraction of sp³-hybridized carbons (Fsp3) is 0.739. The Balaban J connectivity index is 1.29. The number of aromatic nitrogens is 1. The number of piperidine rings is 1. The molecule has 4 bridgehead atoms. The van der Waals surface area contributed by atoms with Gasteiger partial charge in [-0.05, 0) is 81.8 Å². The highest BCUT2D eigenvalue weighted by molar-refractivity contribution is 5.83. The Kier molecular flexibility index (Phi) is 4.99. The number of amides is 1. The smallest absolute Gasteiger partial charge is 0.393 e. The summed E-state index contributed by atoms with van der Waals surface area (Å²) >= 11 is 0. The number of rotatable bonds is 3. The summed E-state index contributed by atoms with van der Waals surface area (Å²) in [5.74, 6) is 1.41. The van der Waals surface area contributed by atoms with Crippen molar-refractivity contribution in [2.75, 3.05) is 18.0 Å². The summed E-state index contributed by atoms with van der Waals surface area (Å²) in [6, 6.07) is 2.07. The lowest BCUT2D eigenvalue weighted by atomic mass is 9.48. The molecule has 1 saturated heterocycles. The number of halogens is 3. The van der Waals surface area contributed by atoms with E-state index in [4.69, 9.17) is 0 Å². The molecule has 2 heterocycles. The van der Waals surface area contributed by atoms with Gasteiger partial charge in [-0.25, -0.2) is 4.98 Å². The van der Waals surface area contributed by atoms with Crippen LogP contribution in [0.3, 0.4) is 0 Å². The summed E-state index contributed by atoms with van der Waals surface area (Å²) in [5.41, 5.74) is -0.723. The van der Waals surface area contributed by atoms with Gasteiger partial charge in [0.2, 0.25) is 5.91 Å². The average molecular weight is 438 g/mol. The van der Waals surface area contributed by atoms with Gasteiger partial charge < -0.3 is 15.3 Å². The minimum atomic E-state index is -4.41. The highest BCUT2D eigenvalue weighted by Gasteiger charge is 2.58. The zero-order valence-corrected chi connectivity index (χ0v) is 17.8. The molecule has 5 fully saturated rings. The predicted octanol–water partition coefficient (Wildman–Crippen LogP) is 3.68. The highest BCUT2D eigenvalue weighted by atomic mass is 19.4. The first-order valence-corrected chi connectivity index (χ1v) is 11.4. The summed E-state index contributed by atoms with van der Waals surface area (Å²) in [5, 5.41) is 13.7. The Labute approximate surface area is 180 Å². The zero-order valence-electron chi connectivity index (χ0n) is 17.8. The molecule has 1 aromatic rings. The molecule has 4 saturated carbocycles. The second kappa shape index (κ2) is 7.36. The van der Waals surface area contributed by atoms with E-state index in [9.17, 15) is 23.1 Å². The van der Waals surface area contributed by atoms with E-state index in [-0.39, 0.29) is 35.3 Å².